The lowest BCUT2D eigenvalue weighted by Gasteiger charge is -2.20. The van der Waals surface area contributed by atoms with Gasteiger partial charge >= 0.3 is 0 Å². The highest BCUT2D eigenvalue weighted by Crippen LogP contribution is 2.33. The van der Waals surface area contributed by atoms with Gasteiger partial charge in [0.05, 0.1) is 0 Å². The smallest absolute Gasteiger partial charge is 0.254 e. The van der Waals surface area contributed by atoms with E-state index in [-0.39, 0.29) is 12.7 Å². The minimum absolute atomic E-state index is 0.0499. The van der Waals surface area contributed by atoms with E-state index < -0.39 is 0 Å². The van der Waals surface area contributed by atoms with Crippen LogP contribution in [0.3, 0.4) is 0 Å². The predicted octanol–water partition coefficient (Wildman–Crippen LogP) is 3.45. The molecule has 5 rings (SSSR count). The van der Waals surface area contributed by atoms with Gasteiger partial charge in [-0.25, -0.2) is 0 Å². The summed E-state index contributed by atoms with van der Waals surface area (Å²) in [6, 6.07) is 11.9. The third-order valence-electron chi connectivity index (χ3n) is 5.32. The molecule has 3 aromatic rings. The number of ether oxygens (including phenoxy) is 2. The van der Waals surface area contributed by atoms with Crippen molar-refractivity contribution in [1.29, 1.82) is 0 Å². The number of aromatic amines is 1. The summed E-state index contributed by atoms with van der Waals surface area (Å²) in [5.41, 5.74) is 5.71. The third kappa shape index (κ3) is 2.43. The van der Waals surface area contributed by atoms with E-state index in [1.807, 2.05) is 17.0 Å². The molecule has 0 radical (unpaired) electrons. The maximum Gasteiger partial charge on any atom is 0.254 e. The van der Waals surface area contributed by atoms with Crippen LogP contribution < -0.4 is 9.47 Å². The second-order valence-electron chi connectivity index (χ2n) is 6.99. The summed E-state index contributed by atoms with van der Waals surface area (Å²) in [6.45, 7) is 3.77. The third-order valence-corrected chi connectivity index (χ3v) is 5.32. The van der Waals surface area contributed by atoms with Crippen molar-refractivity contribution < 1.29 is 14.3 Å². The van der Waals surface area contributed by atoms with Gasteiger partial charge in [0.2, 0.25) is 6.79 Å². The van der Waals surface area contributed by atoms with Crippen LogP contribution in [-0.4, -0.2) is 35.7 Å². The van der Waals surface area contributed by atoms with E-state index >= 15 is 0 Å². The molecule has 5 heteroatoms. The fraction of sp³-hybridized carbons (Fsp3) is 0.286. The summed E-state index contributed by atoms with van der Waals surface area (Å²) in [5.74, 6) is 1.40. The fourth-order valence-electron chi connectivity index (χ4n) is 3.94. The van der Waals surface area contributed by atoms with Crippen molar-refractivity contribution in [2.24, 2.45) is 0 Å². The molecule has 5 nitrogen and oxygen atoms in total. The number of hydrogen-bond donors (Lipinski definition) is 1. The maximum atomic E-state index is 13.0. The molecule has 0 unspecified atom stereocenters. The van der Waals surface area contributed by atoms with Gasteiger partial charge in [-0.3, -0.25) is 4.79 Å². The van der Waals surface area contributed by atoms with E-state index in [4.69, 9.17) is 9.47 Å². The number of aromatic nitrogens is 1. The molecule has 0 atom stereocenters. The van der Waals surface area contributed by atoms with Crippen molar-refractivity contribution in [2.75, 3.05) is 19.9 Å². The Bertz CT molecular complexity index is 1020. The lowest BCUT2D eigenvalue weighted by Crippen LogP contribution is -2.33. The Morgan fingerprint density at radius 1 is 1.04 bits per heavy atom. The van der Waals surface area contributed by atoms with Crippen molar-refractivity contribution in [2.45, 2.75) is 19.8 Å². The molecule has 0 saturated carbocycles. The summed E-state index contributed by atoms with van der Waals surface area (Å²) in [7, 11) is 0. The normalized spacial score (nSPS) is 15.8. The van der Waals surface area contributed by atoms with Crippen LogP contribution in [0.5, 0.6) is 11.5 Å². The van der Waals surface area contributed by atoms with Crippen molar-refractivity contribution >= 4 is 16.8 Å². The number of hydrogen-bond acceptors (Lipinski definition) is 3. The molecular formula is C21H20N2O3. The van der Waals surface area contributed by atoms with Gasteiger partial charge in [0, 0.05) is 41.7 Å². The number of benzene rings is 2. The zero-order valence-electron chi connectivity index (χ0n) is 14.7. The molecule has 0 aliphatic carbocycles. The van der Waals surface area contributed by atoms with Crippen molar-refractivity contribution in [3.8, 4) is 11.5 Å². The molecule has 0 spiro atoms. The van der Waals surface area contributed by atoms with E-state index in [1.54, 1.807) is 6.07 Å². The molecular weight excluding hydrogens is 328 g/mol. The zero-order valence-corrected chi connectivity index (χ0v) is 14.7. The minimum atomic E-state index is 0.0499. The average Bonchev–Trinajstić information content (AvgIpc) is 3.19. The van der Waals surface area contributed by atoms with Gasteiger partial charge in [-0.05, 0) is 49.2 Å². The number of nitrogens with one attached hydrogen (secondary N) is 1. The Balaban J connectivity index is 1.40. The first-order valence-corrected chi connectivity index (χ1v) is 8.98. The molecule has 3 heterocycles. The van der Waals surface area contributed by atoms with Crippen molar-refractivity contribution in [1.82, 2.24) is 9.88 Å². The first-order chi connectivity index (χ1) is 12.7. The van der Waals surface area contributed by atoms with Crippen LogP contribution in [-0.2, 0) is 12.8 Å². The molecule has 2 aliphatic rings. The summed E-state index contributed by atoms with van der Waals surface area (Å²) < 4.78 is 10.7. The Morgan fingerprint density at radius 2 is 1.88 bits per heavy atom. The molecule has 26 heavy (non-hydrogen) atoms. The maximum absolute atomic E-state index is 13.0. The summed E-state index contributed by atoms with van der Waals surface area (Å²) in [5, 5.41) is 1.29. The highest BCUT2D eigenvalue weighted by molar-refractivity contribution is 5.95. The molecule has 1 aromatic heterocycles. The largest absolute Gasteiger partial charge is 0.454 e. The van der Waals surface area contributed by atoms with Crippen LogP contribution in [0.15, 0.2) is 36.4 Å². The second kappa shape index (κ2) is 5.80. The van der Waals surface area contributed by atoms with Crippen LogP contribution in [0.4, 0.5) is 0 Å². The number of carbonyl (C=O) groups excluding carboxylic acids is 1. The van der Waals surface area contributed by atoms with E-state index in [0.717, 1.165) is 19.4 Å². The van der Waals surface area contributed by atoms with E-state index in [1.165, 1.54) is 27.7 Å². The van der Waals surface area contributed by atoms with Crippen LogP contribution in [0, 0.1) is 6.92 Å². The number of amides is 1. The van der Waals surface area contributed by atoms with Gasteiger partial charge in [-0.1, -0.05) is 11.6 Å². The van der Waals surface area contributed by atoms with Crippen molar-refractivity contribution in [3.63, 3.8) is 0 Å². The quantitative estimate of drug-likeness (QED) is 0.733. The van der Waals surface area contributed by atoms with Crippen LogP contribution in [0.1, 0.15) is 27.2 Å². The lowest BCUT2D eigenvalue weighted by molar-refractivity contribution is 0.0762. The number of nitrogens with zero attached hydrogens (tertiary/aromatic N) is 1. The molecule has 1 amide bonds. The Kier molecular flexibility index (Phi) is 3.42. The van der Waals surface area contributed by atoms with Gasteiger partial charge in [-0.2, -0.15) is 0 Å². The van der Waals surface area contributed by atoms with E-state index in [2.05, 4.69) is 30.1 Å². The number of rotatable bonds is 1. The Labute approximate surface area is 151 Å². The fourth-order valence-corrected chi connectivity index (χ4v) is 3.94. The SMILES string of the molecule is Cc1ccc2[nH]c3c(c2c1)CCN(C(=O)c1ccc2c(c1)OCO2)CC3. The number of fused-ring (bicyclic) bond motifs is 4. The molecule has 2 aromatic carbocycles. The number of aryl methyl sites for hydroxylation is 1. The Morgan fingerprint density at radius 3 is 2.81 bits per heavy atom. The van der Waals surface area contributed by atoms with Crippen LogP contribution in [0.2, 0.25) is 0 Å². The topological polar surface area (TPSA) is 54.6 Å². The molecule has 0 saturated heterocycles. The van der Waals surface area contributed by atoms with E-state index in [9.17, 15) is 4.79 Å². The van der Waals surface area contributed by atoms with Gasteiger partial charge in [0.1, 0.15) is 0 Å². The monoisotopic (exact) mass is 348 g/mol. The van der Waals surface area contributed by atoms with Crippen LogP contribution in [0.25, 0.3) is 10.9 Å². The molecule has 1 N–H and O–H groups in total. The van der Waals surface area contributed by atoms with Gasteiger partial charge < -0.3 is 19.4 Å². The summed E-state index contributed by atoms with van der Waals surface area (Å²) >= 11 is 0. The van der Waals surface area contributed by atoms with Gasteiger partial charge in [-0.15, -0.1) is 0 Å². The van der Waals surface area contributed by atoms with Gasteiger partial charge in [0.25, 0.3) is 5.91 Å². The zero-order chi connectivity index (χ0) is 17.7. The lowest BCUT2D eigenvalue weighted by atomic mass is 10.1. The molecule has 132 valence electrons. The highest BCUT2D eigenvalue weighted by Gasteiger charge is 2.24. The van der Waals surface area contributed by atoms with E-state index in [0.29, 0.717) is 23.6 Å². The molecule has 0 fully saturated rings. The highest BCUT2D eigenvalue weighted by atomic mass is 16.7. The summed E-state index contributed by atoms with van der Waals surface area (Å²) in [6.07, 6.45) is 1.72. The van der Waals surface area contributed by atoms with Crippen LogP contribution >= 0.6 is 0 Å². The average molecular weight is 348 g/mol. The minimum Gasteiger partial charge on any atom is -0.454 e. The standard InChI is InChI=1S/C21H20N2O3/c1-13-2-4-17-16(10-13)15-6-8-23(9-7-18(15)22-17)21(24)14-3-5-19-20(11-14)26-12-25-19/h2-5,10-11,22H,6-9,12H2,1H3. The van der Waals surface area contributed by atoms with Gasteiger partial charge in [0.15, 0.2) is 11.5 Å². The Hall–Kier alpha value is -2.95. The molecule has 2 aliphatic heterocycles. The van der Waals surface area contributed by atoms with Crippen molar-refractivity contribution in [3.05, 3.63) is 58.8 Å². The first kappa shape index (κ1) is 15.3. The molecule has 0 bridgehead atoms. The summed E-state index contributed by atoms with van der Waals surface area (Å²) in [4.78, 5) is 18.4. The second-order valence-corrected chi connectivity index (χ2v) is 6.99. The first-order valence-electron chi connectivity index (χ1n) is 8.98. The number of carbonyl (C=O) groups is 1. The number of H-pyrrole nitrogens is 1. The predicted molar refractivity (Wildman–Crippen MR) is 98.9 cm³/mol.